The second-order valence-corrected chi connectivity index (χ2v) is 11.0. The van der Waals surface area contributed by atoms with Crippen LogP contribution in [0.1, 0.15) is 70.6 Å². The van der Waals surface area contributed by atoms with Crippen molar-refractivity contribution in [3.8, 4) is 0 Å². The van der Waals surface area contributed by atoms with Crippen molar-refractivity contribution in [1.82, 2.24) is 42.1 Å². The van der Waals surface area contributed by atoms with Crippen LogP contribution in [0.5, 0.6) is 0 Å². The predicted octanol–water partition coefficient (Wildman–Crippen LogP) is -1.20. The smallest absolute Gasteiger partial charge is 0.221 e. The van der Waals surface area contributed by atoms with E-state index in [-0.39, 0.29) is 35.5 Å². The van der Waals surface area contributed by atoms with Crippen molar-refractivity contribution in [2.45, 2.75) is 70.6 Å². The molecular weight excluding hydrogens is 566 g/mol. The zero-order valence-corrected chi connectivity index (χ0v) is 27.5. The maximum atomic E-state index is 12.6. The lowest BCUT2D eigenvalue weighted by Crippen LogP contribution is -2.37. The molecule has 0 rings (SSSR count). The van der Waals surface area contributed by atoms with Crippen LogP contribution in [0.25, 0.3) is 0 Å². The molecule has 0 radical (unpaired) electrons. The third-order valence-corrected chi connectivity index (χ3v) is 7.27. The highest BCUT2D eigenvalue weighted by molar-refractivity contribution is 5.77. The minimum Gasteiger partial charge on any atom is -0.359 e. The number of nitrogens with one attached hydrogen (secondary N) is 7. The number of nitrogens with two attached hydrogens (primary N) is 1. The lowest BCUT2D eigenvalue weighted by molar-refractivity contribution is -0.123. The summed E-state index contributed by atoms with van der Waals surface area (Å²) in [5.74, 6) is 0.00490. The molecule has 0 bridgehead atoms. The molecule has 0 aromatic heterocycles. The van der Waals surface area contributed by atoms with Crippen LogP contribution in [0.15, 0.2) is 0 Å². The van der Waals surface area contributed by atoms with E-state index in [1.54, 1.807) is 7.05 Å². The highest BCUT2D eigenvalue weighted by Gasteiger charge is 2.15. The molecule has 0 aliphatic heterocycles. The number of nitrogens with zero attached hydrogens (tertiary/aromatic N) is 1. The minimum absolute atomic E-state index is 0.0145. The SMILES string of the molecule is CNCCNC(=O)CCC(CCNC(=O)CCN(CCN)CCC(=O)NCCCCCC(=O)NC)CCC(=O)NCCNC. The van der Waals surface area contributed by atoms with Gasteiger partial charge in [-0.2, -0.15) is 0 Å². The van der Waals surface area contributed by atoms with Gasteiger partial charge in [-0.1, -0.05) is 6.42 Å². The summed E-state index contributed by atoms with van der Waals surface area (Å²) in [6.45, 7) is 5.62. The molecule has 14 heteroatoms. The van der Waals surface area contributed by atoms with Crippen molar-refractivity contribution >= 4 is 29.5 Å². The molecule has 0 saturated heterocycles. The number of carbonyl (C=O) groups excluding carboxylic acids is 5. The van der Waals surface area contributed by atoms with Crippen molar-refractivity contribution < 1.29 is 24.0 Å². The Kier molecular flexibility index (Phi) is 27.1. The van der Waals surface area contributed by atoms with Crippen LogP contribution in [-0.2, 0) is 24.0 Å². The van der Waals surface area contributed by atoms with Gasteiger partial charge in [0.15, 0.2) is 0 Å². The molecule has 0 aliphatic rings. The first-order valence-electron chi connectivity index (χ1n) is 16.2. The number of hydrogen-bond donors (Lipinski definition) is 8. The fraction of sp³-hybridized carbons (Fsp3) is 0.833. The van der Waals surface area contributed by atoms with Gasteiger partial charge >= 0.3 is 0 Å². The third kappa shape index (κ3) is 25.7. The van der Waals surface area contributed by atoms with Gasteiger partial charge in [-0.25, -0.2) is 0 Å². The summed E-state index contributed by atoms with van der Waals surface area (Å²) in [4.78, 5) is 62.4. The zero-order valence-electron chi connectivity index (χ0n) is 27.5. The van der Waals surface area contributed by atoms with E-state index in [9.17, 15) is 24.0 Å². The van der Waals surface area contributed by atoms with Gasteiger partial charge in [0.25, 0.3) is 0 Å². The van der Waals surface area contributed by atoms with Gasteiger partial charge in [-0.3, -0.25) is 24.0 Å². The van der Waals surface area contributed by atoms with E-state index in [0.717, 1.165) is 19.3 Å². The Balaban J connectivity index is 4.47. The van der Waals surface area contributed by atoms with Gasteiger partial charge < -0.3 is 47.9 Å². The molecule has 0 spiro atoms. The molecular formula is C30H61N9O5. The van der Waals surface area contributed by atoms with E-state index < -0.39 is 0 Å². The molecule has 44 heavy (non-hydrogen) atoms. The number of unbranched alkanes of at least 4 members (excludes halogenated alkanes) is 2. The monoisotopic (exact) mass is 627 g/mol. The Morgan fingerprint density at radius 2 is 1.02 bits per heavy atom. The maximum absolute atomic E-state index is 12.6. The summed E-state index contributed by atoms with van der Waals surface area (Å²) in [7, 11) is 5.28. The number of hydrogen-bond acceptors (Lipinski definition) is 9. The van der Waals surface area contributed by atoms with Crippen LogP contribution in [0.4, 0.5) is 0 Å². The first-order chi connectivity index (χ1) is 21.2. The number of carbonyl (C=O) groups is 5. The van der Waals surface area contributed by atoms with Crippen molar-refractivity contribution in [3.05, 3.63) is 0 Å². The molecule has 0 unspecified atom stereocenters. The highest BCUT2D eigenvalue weighted by atomic mass is 16.2. The molecule has 0 saturated carbocycles. The second kappa shape index (κ2) is 28.9. The molecule has 0 aromatic carbocycles. The first kappa shape index (κ1) is 41.2. The summed E-state index contributed by atoms with van der Waals surface area (Å²) in [6, 6.07) is 0. The fourth-order valence-electron chi connectivity index (χ4n) is 4.50. The Hall–Kier alpha value is -2.81. The summed E-state index contributed by atoms with van der Waals surface area (Å²) in [5.41, 5.74) is 5.75. The van der Waals surface area contributed by atoms with E-state index >= 15 is 0 Å². The summed E-state index contributed by atoms with van der Waals surface area (Å²) in [6.07, 6.45) is 6.34. The molecule has 256 valence electrons. The Labute approximate surface area is 264 Å². The number of amides is 5. The van der Waals surface area contributed by atoms with E-state index in [0.29, 0.717) is 117 Å². The van der Waals surface area contributed by atoms with Gasteiger partial charge in [0.1, 0.15) is 0 Å². The molecule has 5 amide bonds. The summed E-state index contributed by atoms with van der Waals surface area (Å²) in [5, 5.41) is 20.2. The van der Waals surface area contributed by atoms with Gasteiger partial charge in [0, 0.05) is 105 Å². The van der Waals surface area contributed by atoms with Gasteiger partial charge in [-0.05, 0) is 52.1 Å². The molecule has 0 aliphatic carbocycles. The van der Waals surface area contributed by atoms with E-state index in [1.807, 2.05) is 19.0 Å². The Morgan fingerprint density at radius 3 is 1.52 bits per heavy atom. The van der Waals surface area contributed by atoms with Gasteiger partial charge in [0.2, 0.25) is 29.5 Å². The largest absolute Gasteiger partial charge is 0.359 e. The van der Waals surface area contributed by atoms with E-state index in [4.69, 9.17) is 5.73 Å². The first-order valence-corrected chi connectivity index (χ1v) is 16.2. The average molecular weight is 628 g/mol. The topological polar surface area (TPSA) is 199 Å². The van der Waals surface area contributed by atoms with E-state index in [1.165, 1.54) is 0 Å². The lowest BCUT2D eigenvalue weighted by Gasteiger charge is -2.21. The lowest BCUT2D eigenvalue weighted by atomic mass is 9.93. The van der Waals surface area contributed by atoms with Crippen LogP contribution >= 0.6 is 0 Å². The fourth-order valence-corrected chi connectivity index (χ4v) is 4.50. The second-order valence-electron chi connectivity index (χ2n) is 11.0. The number of rotatable bonds is 29. The van der Waals surface area contributed by atoms with Crippen LogP contribution in [-0.4, -0.2) is 121 Å². The Morgan fingerprint density at radius 1 is 0.523 bits per heavy atom. The van der Waals surface area contributed by atoms with Crippen molar-refractivity contribution in [3.63, 3.8) is 0 Å². The minimum atomic E-state index is -0.0819. The number of likely N-dealkylation sites (N-methyl/N-ethyl adjacent to an activating group) is 2. The summed E-state index contributed by atoms with van der Waals surface area (Å²) < 4.78 is 0. The maximum Gasteiger partial charge on any atom is 0.221 e. The third-order valence-electron chi connectivity index (χ3n) is 7.27. The van der Waals surface area contributed by atoms with Crippen molar-refractivity contribution in [1.29, 1.82) is 0 Å². The summed E-state index contributed by atoms with van der Waals surface area (Å²) >= 11 is 0. The quantitative estimate of drug-likeness (QED) is 0.0470. The van der Waals surface area contributed by atoms with Gasteiger partial charge in [0.05, 0.1) is 0 Å². The molecule has 9 N–H and O–H groups in total. The zero-order chi connectivity index (χ0) is 32.8. The van der Waals surface area contributed by atoms with Crippen molar-refractivity contribution in [2.75, 3.05) is 86.6 Å². The van der Waals surface area contributed by atoms with Crippen LogP contribution in [0.2, 0.25) is 0 Å². The molecule has 0 fully saturated rings. The molecule has 0 atom stereocenters. The van der Waals surface area contributed by atoms with Crippen molar-refractivity contribution in [2.24, 2.45) is 11.7 Å². The van der Waals surface area contributed by atoms with E-state index in [2.05, 4.69) is 37.2 Å². The highest BCUT2D eigenvalue weighted by Crippen LogP contribution is 2.17. The van der Waals surface area contributed by atoms with Crippen LogP contribution < -0.4 is 43.0 Å². The predicted molar refractivity (Wildman–Crippen MR) is 174 cm³/mol. The van der Waals surface area contributed by atoms with Crippen LogP contribution in [0.3, 0.4) is 0 Å². The standard InChI is InChI=1S/C30H61N9O5/c1-32-18-20-37-27(41)10-8-25(9-11-28(42)38-21-19-33-2)12-17-36-30(44)14-23-39(24-15-31)22-13-29(43)35-16-6-4-5-7-26(40)34-3/h25,32-33H,4-24,31H2,1-3H3,(H,34,40)(H,35,43)(H,36,44)(H,37,41)(H,38,42). The molecule has 14 nitrogen and oxygen atoms in total. The normalized spacial score (nSPS) is 11.0. The Bertz CT molecular complexity index is 775. The molecule has 0 heterocycles. The molecule has 0 aromatic rings. The average Bonchev–Trinajstić information content (AvgIpc) is 3.01. The van der Waals surface area contributed by atoms with Gasteiger partial charge in [-0.15, -0.1) is 0 Å². The van der Waals surface area contributed by atoms with Crippen LogP contribution in [0, 0.1) is 5.92 Å².